The van der Waals surface area contributed by atoms with Gasteiger partial charge in [-0.05, 0) is 31.3 Å². The van der Waals surface area contributed by atoms with Crippen LogP contribution < -0.4 is 10.6 Å². The van der Waals surface area contributed by atoms with E-state index in [-0.39, 0.29) is 0 Å². The highest BCUT2D eigenvalue weighted by Crippen LogP contribution is 2.33. The molecule has 2 N–H and O–H groups in total. The minimum Gasteiger partial charge on any atom is -0.315 e. The van der Waals surface area contributed by atoms with Gasteiger partial charge in [-0.3, -0.25) is 0 Å². The van der Waals surface area contributed by atoms with E-state index in [9.17, 15) is 0 Å². The lowest BCUT2D eigenvalue weighted by Gasteiger charge is -2.29. The largest absolute Gasteiger partial charge is 0.315 e. The fraction of sp³-hybridized carbons (Fsp3) is 1.00. The molecular formula is C10H22N2. The molecule has 0 aromatic rings. The Kier molecular flexibility index (Phi) is 3.53. The molecule has 0 amide bonds. The van der Waals surface area contributed by atoms with Gasteiger partial charge in [0.25, 0.3) is 0 Å². The van der Waals surface area contributed by atoms with E-state index >= 15 is 0 Å². The number of hydrogen-bond donors (Lipinski definition) is 2. The van der Waals surface area contributed by atoms with Crippen LogP contribution in [0.1, 0.15) is 33.6 Å². The number of nitrogens with one attached hydrogen (secondary N) is 2. The SMILES string of the molecule is CCNCC1NCCC1(C)CC. The predicted molar refractivity (Wildman–Crippen MR) is 53.3 cm³/mol. The lowest BCUT2D eigenvalue weighted by Crippen LogP contribution is -2.42. The van der Waals surface area contributed by atoms with Crippen molar-refractivity contribution in [3.8, 4) is 0 Å². The van der Waals surface area contributed by atoms with Crippen molar-refractivity contribution in [1.82, 2.24) is 10.6 Å². The molecular weight excluding hydrogens is 148 g/mol. The normalized spacial score (nSPS) is 35.8. The smallest absolute Gasteiger partial charge is 0.0246 e. The van der Waals surface area contributed by atoms with Crippen LogP contribution in [0.3, 0.4) is 0 Å². The second-order valence-corrected chi connectivity index (χ2v) is 4.07. The first-order valence-corrected chi connectivity index (χ1v) is 5.17. The highest BCUT2D eigenvalue weighted by Gasteiger charge is 2.36. The van der Waals surface area contributed by atoms with Crippen molar-refractivity contribution in [3.63, 3.8) is 0 Å². The van der Waals surface area contributed by atoms with E-state index in [4.69, 9.17) is 0 Å². The monoisotopic (exact) mass is 170 g/mol. The van der Waals surface area contributed by atoms with Crippen molar-refractivity contribution in [2.24, 2.45) is 5.41 Å². The zero-order valence-electron chi connectivity index (χ0n) is 8.61. The minimum absolute atomic E-state index is 0.530. The van der Waals surface area contributed by atoms with Crippen molar-refractivity contribution in [1.29, 1.82) is 0 Å². The summed E-state index contributed by atoms with van der Waals surface area (Å²) in [4.78, 5) is 0. The molecule has 0 aromatic heterocycles. The van der Waals surface area contributed by atoms with Crippen LogP contribution in [0.4, 0.5) is 0 Å². The van der Waals surface area contributed by atoms with Crippen LogP contribution in [-0.2, 0) is 0 Å². The molecule has 1 saturated heterocycles. The van der Waals surface area contributed by atoms with Crippen LogP contribution in [0.25, 0.3) is 0 Å². The van der Waals surface area contributed by atoms with Gasteiger partial charge in [0.1, 0.15) is 0 Å². The Hall–Kier alpha value is -0.0800. The summed E-state index contributed by atoms with van der Waals surface area (Å²) in [7, 11) is 0. The van der Waals surface area contributed by atoms with Gasteiger partial charge in [-0.1, -0.05) is 20.8 Å². The van der Waals surface area contributed by atoms with Gasteiger partial charge >= 0.3 is 0 Å². The molecule has 1 rings (SSSR count). The molecule has 2 unspecified atom stereocenters. The van der Waals surface area contributed by atoms with Gasteiger partial charge in [-0.2, -0.15) is 0 Å². The molecule has 1 aliphatic rings. The summed E-state index contributed by atoms with van der Waals surface area (Å²) in [6.45, 7) is 10.3. The summed E-state index contributed by atoms with van der Waals surface area (Å²) in [6.07, 6.45) is 2.62. The second-order valence-electron chi connectivity index (χ2n) is 4.07. The Bertz CT molecular complexity index is 136. The molecule has 72 valence electrons. The minimum atomic E-state index is 0.530. The average molecular weight is 170 g/mol. The third-order valence-corrected chi connectivity index (χ3v) is 3.33. The van der Waals surface area contributed by atoms with Crippen LogP contribution in [0.5, 0.6) is 0 Å². The van der Waals surface area contributed by atoms with Crippen LogP contribution in [0, 0.1) is 5.41 Å². The fourth-order valence-electron chi connectivity index (χ4n) is 1.98. The molecule has 2 nitrogen and oxygen atoms in total. The second kappa shape index (κ2) is 4.24. The van der Waals surface area contributed by atoms with E-state index in [0.29, 0.717) is 11.5 Å². The number of likely N-dealkylation sites (N-methyl/N-ethyl adjacent to an activating group) is 1. The van der Waals surface area contributed by atoms with Gasteiger partial charge in [0.15, 0.2) is 0 Å². The highest BCUT2D eigenvalue weighted by atomic mass is 15.0. The van der Waals surface area contributed by atoms with E-state index in [1.807, 2.05) is 0 Å². The lowest BCUT2D eigenvalue weighted by molar-refractivity contribution is 0.262. The van der Waals surface area contributed by atoms with Crippen molar-refractivity contribution < 1.29 is 0 Å². The summed E-state index contributed by atoms with van der Waals surface area (Å²) in [5.41, 5.74) is 0.530. The van der Waals surface area contributed by atoms with E-state index in [0.717, 1.165) is 13.1 Å². The Morgan fingerprint density at radius 2 is 2.25 bits per heavy atom. The van der Waals surface area contributed by atoms with Crippen LogP contribution >= 0.6 is 0 Å². The van der Waals surface area contributed by atoms with E-state index in [1.54, 1.807) is 0 Å². The Balaban J connectivity index is 2.40. The summed E-state index contributed by atoms with van der Waals surface area (Å²) in [5, 5.41) is 6.99. The molecule has 1 fully saturated rings. The molecule has 1 heterocycles. The average Bonchev–Trinajstić information content (AvgIpc) is 2.45. The number of rotatable bonds is 4. The van der Waals surface area contributed by atoms with Gasteiger partial charge in [-0.15, -0.1) is 0 Å². The van der Waals surface area contributed by atoms with E-state index in [2.05, 4.69) is 31.4 Å². The fourth-order valence-corrected chi connectivity index (χ4v) is 1.98. The molecule has 0 aromatic carbocycles. The Labute approximate surface area is 76.1 Å². The van der Waals surface area contributed by atoms with Gasteiger partial charge in [0.2, 0.25) is 0 Å². The maximum absolute atomic E-state index is 3.57. The molecule has 1 aliphatic heterocycles. The molecule has 0 bridgehead atoms. The lowest BCUT2D eigenvalue weighted by atomic mass is 9.80. The first-order chi connectivity index (χ1) is 5.73. The third kappa shape index (κ3) is 1.99. The predicted octanol–water partition coefficient (Wildman–Crippen LogP) is 1.37. The molecule has 0 aliphatic carbocycles. The quantitative estimate of drug-likeness (QED) is 0.666. The molecule has 12 heavy (non-hydrogen) atoms. The Morgan fingerprint density at radius 3 is 2.83 bits per heavy atom. The maximum atomic E-state index is 3.57. The first-order valence-electron chi connectivity index (χ1n) is 5.17. The van der Waals surface area contributed by atoms with Gasteiger partial charge in [-0.25, -0.2) is 0 Å². The van der Waals surface area contributed by atoms with Crippen molar-refractivity contribution >= 4 is 0 Å². The van der Waals surface area contributed by atoms with Gasteiger partial charge in [0.05, 0.1) is 0 Å². The Morgan fingerprint density at radius 1 is 1.50 bits per heavy atom. The van der Waals surface area contributed by atoms with Crippen molar-refractivity contribution in [3.05, 3.63) is 0 Å². The maximum Gasteiger partial charge on any atom is 0.0246 e. The third-order valence-electron chi connectivity index (χ3n) is 3.33. The zero-order chi connectivity index (χ0) is 9.03. The summed E-state index contributed by atoms with van der Waals surface area (Å²) < 4.78 is 0. The van der Waals surface area contributed by atoms with Gasteiger partial charge in [0, 0.05) is 12.6 Å². The zero-order valence-corrected chi connectivity index (χ0v) is 8.61. The molecule has 2 atom stereocenters. The topological polar surface area (TPSA) is 24.1 Å². The molecule has 0 spiro atoms. The van der Waals surface area contributed by atoms with Crippen LogP contribution in [0.15, 0.2) is 0 Å². The highest BCUT2D eigenvalue weighted by molar-refractivity contribution is 4.94. The summed E-state index contributed by atoms with van der Waals surface area (Å²) in [5.74, 6) is 0. The summed E-state index contributed by atoms with van der Waals surface area (Å²) in [6, 6.07) is 0.683. The molecule has 0 saturated carbocycles. The molecule has 2 heteroatoms. The molecule has 0 radical (unpaired) electrons. The van der Waals surface area contributed by atoms with Crippen molar-refractivity contribution in [2.45, 2.75) is 39.7 Å². The first kappa shape index (κ1) is 10.0. The van der Waals surface area contributed by atoms with Crippen molar-refractivity contribution in [2.75, 3.05) is 19.6 Å². The summed E-state index contributed by atoms with van der Waals surface area (Å²) >= 11 is 0. The van der Waals surface area contributed by atoms with E-state index < -0.39 is 0 Å². The van der Waals surface area contributed by atoms with Crippen LogP contribution in [-0.4, -0.2) is 25.7 Å². The standard InChI is InChI=1S/C10H22N2/c1-4-10(3)6-7-12-9(10)8-11-5-2/h9,11-12H,4-8H2,1-3H3. The van der Waals surface area contributed by atoms with Gasteiger partial charge < -0.3 is 10.6 Å². The number of hydrogen-bond acceptors (Lipinski definition) is 2. The van der Waals surface area contributed by atoms with Crippen LogP contribution in [0.2, 0.25) is 0 Å². The van der Waals surface area contributed by atoms with E-state index in [1.165, 1.54) is 19.4 Å².